The highest BCUT2D eigenvalue weighted by Gasteiger charge is 2.09. The molecule has 0 aliphatic heterocycles. The predicted molar refractivity (Wildman–Crippen MR) is 129 cm³/mol. The van der Waals surface area contributed by atoms with Gasteiger partial charge < -0.3 is 20.5 Å². The van der Waals surface area contributed by atoms with Crippen LogP contribution in [0.4, 0.5) is 5.69 Å². The van der Waals surface area contributed by atoms with E-state index in [9.17, 15) is 15.2 Å². The highest BCUT2D eigenvalue weighted by molar-refractivity contribution is 14.0. The minimum atomic E-state index is -0.767. The van der Waals surface area contributed by atoms with Crippen molar-refractivity contribution in [2.45, 2.75) is 32.9 Å². The Bertz CT molecular complexity index is 815. The number of aliphatic hydroxyl groups excluding tert-OH is 1. The van der Waals surface area contributed by atoms with E-state index >= 15 is 0 Å². The van der Waals surface area contributed by atoms with Crippen LogP contribution in [0.5, 0.6) is 5.75 Å². The van der Waals surface area contributed by atoms with Gasteiger partial charge in [-0.05, 0) is 36.6 Å². The highest BCUT2D eigenvalue weighted by atomic mass is 127. The van der Waals surface area contributed by atoms with E-state index in [1.165, 1.54) is 35.4 Å². The summed E-state index contributed by atoms with van der Waals surface area (Å²) in [4.78, 5) is 14.8. The van der Waals surface area contributed by atoms with Crippen LogP contribution in [-0.2, 0) is 13.0 Å². The first-order valence-electron chi connectivity index (χ1n) is 9.67. The smallest absolute Gasteiger partial charge is 0.269 e. The second-order valence-electron chi connectivity index (χ2n) is 6.41. The summed E-state index contributed by atoms with van der Waals surface area (Å²) in [6.07, 6.45) is 0.186. The first kappa shape index (κ1) is 25.6. The molecule has 2 aromatic rings. The van der Waals surface area contributed by atoms with Gasteiger partial charge in [-0.2, -0.15) is 0 Å². The quantitative estimate of drug-likeness (QED) is 0.144. The largest absolute Gasteiger partial charge is 0.491 e. The molecule has 0 saturated carbocycles. The number of nitrogens with one attached hydrogen (secondary N) is 2. The van der Waals surface area contributed by atoms with Gasteiger partial charge in [-0.15, -0.1) is 24.0 Å². The molecule has 2 aromatic carbocycles. The second kappa shape index (κ2) is 13.8. The molecule has 30 heavy (non-hydrogen) atoms. The SMILES string of the molecule is CCNC(=NCc1ccccc1CC)NCC(O)COc1ccc([N+](=O)[O-])cc1.I. The lowest BCUT2D eigenvalue weighted by Gasteiger charge is -2.16. The molecular weight excluding hydrogens is 499 g/mol. The standard InChI is InChI=1S/C21H28N4O4.HI/c1-3-16-7-5-6-8-17(16)13-23-21(22-4-2)24-14-19(26)15-29-20-11-9-18(10-12-20)25(27)28;/h5-12,19,26H,3-4,13-15H2,1-2H3,(H2,22,23,24);1H. The molecule has 9 heteroatoms. The van der Waals surface area contributed by atoms with Gasteiger partial charge in [0.2, 0.25) is 0 Å². The minimum absolute atomic E-state index is 0. The van der Waals surface area contributed by atoms with Crippen molar-refractivity contribution in [1.29, 1.82) is 0 Å². The zero-order valence-electron chi connectivity index (χ0n) is 17.2. The maximum Gasteiger partial charge on any atom is 0.269 e. The maximum absolute atomic E-state index is 10.7. The van der Waals surface area contributed by atoms with Crippen molar-refractivity contribution in [1.82, 2.24) is 10.6 Å². The number of non-ortho nitro benzene ring substituents is 1. The van der Waals surface area contributed by atoms with Crippen LogP contribution in [0.1, 0.15) is 25.0 Å². The summed E-state index contributed by atoms with van der Waals surface area (Å²) in [6.45, 7) is 5.67. The molecule has 3 N–H and O–H groups in total. The number of hydrogen-bond acceptors (Lipinski definition) is 5. The third-order valence-electron chi connectivity index (χ3n) is 4.25. The van der Waals surface area contributed by atoms with E-state index < -0.39 is 11.0 Å². The van der Waals surface area contributed by atoms with E-state index in [0.29, 0.717) is 24.8 Å². The van der Waals surface area contributed by atoms with Gasteiger partial charge in [-0.3, -0.25) is 10.1 Å². The molecule has 0 aliphatic rings. The van der Waals surface area contributed by atoms with E-state index in [2.05, 4.69) is 34.7 Å². The van der Waals surface area contributed by atoms with Gasteiger partial charge in [0.15, 0.2) is 5.96 Å². The number of ether oxygens (including phenoxy) is 1. The number of benzene rings is 2. The highest BCUT2D eigenvalue weighted by Crippen LogP contribution is 2.17. The Morgan fingerprint density at radius 2 is 1.80 bits per heavy atom. The molecule has 0 aromatic heterocycles. The van der Waals surface area contributed by atoms with Gasteiger partial charge in [0.25, 0.3) is 5.69 Å². The summed E-state index contributed by atoms with van der Waals surface area (Å²) in [5.41, 5.74) is 2.44. The number of hydrogen-bond donors (Lipinski definition) is 3. The third-order valence-corrected chi connectivity index (χ3v) is 4.25. The second-order valence-corrected chi connectivity index (χ2v) is 6.41. The van der Waals surface area contributed by atoms with Gasteiger partial charge in [0.05, 0.1) is 11.5 Å². The van der Waals surface area contributed by atoms with Crippen LogP contribution >= 0.6 is 24.0 Å². The molecule has 0 fully saturated rings. The number of nitrogens with zero attached hydrogens (tertiary/aromatic N) is 2. The molecule has 0 bridgehead atoms. The van der Waals surface area contributed by atoms with Crippen molar-refractivity contribution < 1.29 is 14.8 Å². The number of nitro benzene ring substituents is 1. The lowest BCUT2D eigenvalue weighted by molar-refractivity contribution is -0.384. The first-order valence-corrected chi connectivity index (χ1v) is 9.67. The molecule has 0 radical (unpaired) electrons. The summed E-state index contributed by atoms with van der Waals surface area (Å²) < 4.78 is 5.48. The lowest BCUT2D eigenvalue weighted by atomic mass is 10.1. The minimum Gasteiger partial charge on any atom is -0.491 e. The first-order chi connectivity index (χ1) is 14.0. The number of nitro groups is 1. The summed E-state index contributed by atoms with van der Waals surface area (Å²) >= 11 is 0. The fraction of sp³-hybridized carbons (Fsp3) is 0.381. The summed E-state index contributed by atoms with van der Waals surface area (Å²) in [5, 5.41) is 27.1. The zero-order valence-corrected chi connectivity index (χ0v) is 19.5. The molecule has 0 spiro atoms. The van der Waals surface area contributed by atoms with Gasteiger partial charge >= 0.3 is 0 Å². The molecule has 1 unspecified atom stereocenters. The number of aliphatic hydroxyl groups is 1. The fourth-order valence-corrected chi connectivity index (χ4v) is 2.69. The summed E-state index contributed by atoms with van der Waals surface area (Å²) in [6, 6.07) is 13.9. The van der Waals surface area contributed by atoms with Crippen LogP contribution < -0.4 is 15.4 Å². The Morgan fingerprint density at radius 1 is 1.13 bits per heavy atom. The molecular formula is C21H29IN4O4. The van der Waals surface area contributed by atoms with Gasteiger partial charge in [0, 0.05) is 25.2 Å². The Hall–Kier alpha value is -2.40. The van der Waals surface area contributed by atoms with Crippen LogP contribution in [0, 0.1) is 10.1 Å². The monoisotopic (exact) mass is 528 g/mol. The Labute approximate surface area is 193 Å². The Balaban J connectivity index is 0.00000450. The zero-order chi connectivity index (χ0) is 21.1. The van der Waals surface area contributed by atoms with Crippen molar-refractivity contribution >= 4 is 35.6 Å². The van der Waals surface area contributed by atoms with E-state index in [0.717, 1.165) is 6.42 Å². The van der Waals surface area contributed by atoms with Gasteiger partial charge in [0.1, 0.15) is 18.5 Å². The number of halogens is 1. The third kappa shape index (κ3) is 8.54. The van der Waals surface area contributed by atoms with Crippen molar-refractivity contribution in [2.24, 2.45) is 4.99 Å². The number of aryl methyl sites for hydroxylation is 1. The molecule has 0 saturated heterocycles. The van der Waals surface area contributed by atoms with Crippen LogP contribution in [-0.4, -0.2) is 41.8 Å². The normalized spacial score (nSPS) is 11.9. The molecule has 2 rings (SSSR count). The van der Waals surface area contributed by atoms with Crippen LogP contribution in [0.25, 0.3) is 0 Å². The Morgan fingerprint density at radius 3 is 2.40 bits per heavy atom. The van der Waals surface area contributed by atoms with E-state index in [1.807, 2.05) is 19.1 Å². The van der Waals surface area contributed by atoms with Crippen molar-refractivity contribution in [2.75, 3.05) is 19.7 Å². The van der Waals surface area contributed by atoms with E-state index in [4.69, 9.17) is 4.74 Å². The predicted octanol–water partition coefficient (Wildman–Crippen LogP) is 3.27. The van der Waals surface area contributed by atoms with Crippen molar-refractivity contribution in [3.63, 3.8) is 0 Å². The molecule has 0 aliphatic carbocycles. The lowest BCUT2D eigenvalue weighted by Crippen LogP contribution is -2.42. The van der Waals surface area contributed by atoms with Crippen LogP contribution in [0.3, 0.4) is 0 Å². The number of guanidine groups is 1. The fourth-order valence-electron chi connectivity index (χ4n) is 2.69. The molecule has 8 nitrogen and oxygen atoms in total. The topological polar surface area (TPSA) is 109 Å². The van der Waals surface area contributed by atoms with Crippen LogP contribution in [0.2, 0.25) is 0 Å². The molecule has 0 heterocycles. The molecule has 0 amide bonds. The molecule has 1 atom stereocenters. The van der Waals surface area contributed by atoms with Gasteiger partial charge in [-0.1, -0.05) is 31.2 Å². The van der Waals surface area contributed by atoms with Crippen molar-refractivity contribution in [3.05, 3.63) is 69.8 Å². The number of rotatable bonds is 10. The van der Waals surface area contributed by atoms with E-state index in [-0.39, 0.29) is 42.8 Å². The Kier molecular flexibility index (Phi) is 11.8. The average molecular weight is 528 g/mol. The molecule has 164 valence electrons. The maximum atomic E-state index is 10.7. The van der Waals surface area contributed by atoms with Crippen molar-refractivity contribution in [3.8, 4) is 5.75 Å². The van der Waals surface area contributed by atoms with Gasteiger partial charge in [-0.25, -0.2) is 4.99 Å². The number of aliphatic imine (C=N–C) groups is 1. The summed E-state index contributed by atoms with van der Waals surface area (Å²) in [7, 11) is 0. The summed E-state index contributed by atoms with van der Waals surface area (Å²) in [5.74, 6) is 1.08. The van der Waals surface area contributed by atoms with Crippen LogP contribution in [0.15, 0.2) is 53.5 Å². The average Bonchev–Trinajstić information content (AvgIpc) is 2.74. The van der Waals surface area contributed by atoms with E-state index in [1.54, 1.807) is 0 Å².